The summed E-state index contributed by atoms with van der Waals surface area (Å²) in [7, 11) is 0. The minimum Gasteiger partial charge on any atom is -0.494 e. The largest absolute Gasteiger partial charge is 0.494 e. The van der Waals surface area contributed by atoms with Crippen molar-refractivity contribution in [2.24, 2.45) is 0 Å². The quantitative estimate of drug-likeness (QED) is 0.444. The molecule has 0 fully saturated rings. The Kier molecular flexibility index (Phi) is 7.01. The van der Waals surface area contributed by atoms with Crippen LogP contribution in [0.1, 0.15) is 36.5 Å². The van der Waals surface area contributed by atoms with E-state index in [2.05, 4.69) is 22.9 Å². The molecule has 0 spiro atoms. The number of halogens is 1. The molecule has 0 bridgehead atoms. The summed E-state index contributed by atoms with van der Waals surface area (Å²) in [5.41, 5.74) is 0.412. The Labute approximate surface area is 126 Å². The van der Waals surface area contributed by atoms with E-state index in [0.717, 1.165) is 25.3 Å². The average Bonchev–Trinajstić information content (AvgIpc) is 2.43. The lowest BCUT2D eigenvalue weighted by Gasteiger charge is -2.06. The summed E-state index contributed by atoms with van der Waals surface area (Å²) in [4.78, 5) is 22.4. The number of ether oxygens (including phenoxy) is 1. The molecule has 0 unspecified atom stereocenters. The number of aliphatic carboxylic acids is 1. The second kappa shape index (κ2) is 8.53. The summed E-state index contributed by atoms with van der Waals surface area (Å²) in [6, 6.07) is 6.66. The van der Waals surface area contributed by atoms with Gasteiger partial charge in [-0.2, -0.15) is 0 Å². The van der Waals surface area contributed by atoms with Gasteiger partial charge in [-0.3, -0.25) is 4.79 Å². The number of Topliss-reactive ketones (excluding diaryl/α,β-unsaturated/α-hetero) is 1. The van der Waals surface area contributed by atoms with E-state index < -0.39 is 5.97 Å². The smallest absolute Gasteiger partial charge is 0.329 e. The standard InChI is InChI=1S/C15H17BrO4/c1-2-3-4-9-20-12-7-5-11(6-8-12)15(19)13(16)10-14(17)18/h5-8,10H,2-4,9H2,1H3,(H,17,18)/b13-10+. The lowest BCUT2D eigenvalue weighted by Crippen LogP contribution is -2.02. The normalized spacial score (nSPS) is 11.2. The third-order valence-electron chi connectivity index (χ3n) is 2.60. The predicted octanol–water partition coefficient (Wildman–Crippen LogP) is 3.80. The number of ketones is 1. The number of rotatable bonds is 8. The number of unbranched alkanes of at least 4 members (excludes halogenated alkanes) is 2. The maximum absolute atomic E-state index is 11.9. The number of allylic oxidation sites excluding steroid dienone is 1. The van der Waals surface area contributed by atoms with Crippen LogP contribution in [0.25, 0.3) is 0 Å². The number of hydrogen-bond acceptors (Lipinski definition) is 3. The average molecular weight is 341 g/mol. The Hall–Kier alpha value is -1.62. The third-order valence-corrected chi connectivity index (χ3v) is 3.19. The summed E-state index contributed by atoms with van der Waals surface area (Å²) >= 11 is 2.96. The minimum absolute atomic E-state index is 0.0154. The molecular formula is C15H17BrO4. The van der Waals surface area contributed by atoms with Gasteiger partial charge < -0.3 is 9.84 Å². The highest BCUT2D eigenvalue weighted by atomic mass is 79.9. The molecule has 5 heteroatoms. The van der Waals surface area contributed by atoms with Crippen molar-refractivity contribution >= 4 is 27.7 Å². The fourth-order valence-electron chi connectivity index (χ4n) is 1.56. The Morgan fingerprint density at radius 3 is 2.45 bits per heavy atom. The SMILES string of the molecule is CCCCCOc1ccc(C(=O)/C(Br)=C\C(=O)O)cc1. The topological polar surface area (TPSA) is 63.6 Å². The van der Waals surface area contributed by atoms with Gasteiger partial charge in [-0.15, -0.1) is 0 Å². The molecule has 1 aromatic carbocycles. The predicted molar refractivity (Wildman–Crippen MR) is 80.4 cm³/mol. The molecule has 0 aromatic heterocycles. The van der Waals surface area contributed by atoms with Gasteiger partial charge in [0.15, 0.2) is 5.78 Å². The van der Waals surface area contributed by atoms with Crippen LogP contribution in [-0.2, 0) is 4.79 Å². The van der Waals surface area contributed by atoms with Gasteiger partial charge in [0.2, 0.25) is 0 Å². The molecule has 1 aromatic rings. The molecule has 0 atom stereocenters. The van der Waals surface area contributed by atoms with E-state index in [4.69, 9.17) is 9.84 Å². The van der Waals surface area contributed by atoms with Gasteiger partial charge in [0, 0.05) is 11.6 Å². The number of carboxylic acid groups (broad SMARTS) is 1. The summed E-state index contributed by atoms with van der Waals surface area (Å²) in [6.45, 7) is 2.78. The van der Waals surface area contributed by atoms with Crippen LogP contribution in [0.3, 0.4) is 0 Å². The van der Waals surface area contributed by atoms with E-state index in [1.54, 1.807) is 24.3 Å². The Balaban J connectivity index is 2.62. The van der Waals surface area contributed by atoms with Crippen molar-refractivity contribution in [2.45, 2.75) is 26.2 Å². The first kappa shape index (κ1) is 16.4. The molecule has 0 aliphatic carbocycles. The zero-order chi connectivity index (χ0) is 15.0. The van der Waals surface area contributed by atoms with Crippen LogP contribution in [0.5, 0.6) is 5.75 Å². The molecule has 0 saturated heterocycles. The van der Waals surface area contributed by atoms with Crippen molar-refractivity contribution in [2.75, 3.05) is 6.61 Å². The number of benzene rings is 1. The van der Waals surface area contributed by atoms with Crippen LogP contribution >= 0.6 is 15.9 Å². The highest BCUT2D eigenvalue weighted by Crippen LogP contribution is 2.18. The van der Waals surface area contributed by atoms with E-state index in [1.807, 2.05) is 0 Å². The van der Waals surface area contributed by atoms with Crippen LogP contribution in [-0.4, -0.2) is 23.5 Å². The first-order valence-electron chi connectivity index (χ1n) is 6.42. The molecule has 0 aliphatic rings. The molecule has 4 nitrogen and oxygen atoms in total. The molecule has 1 N–H and O–H groups in total. The monoisotopic (exact) mass is 340 g/mol. The Morgan fingerprint density at radius 2 is 1.90 bits per heavy atom. The van der Waals surface area contributed by atoms with Crippen molar-refractivity contribution in [3.63, 3.8) is 0 Å². The van der Waals surface area contributed by atoms with Crippen LogP contribution < -0.4 is 4.74 Å². The molecule has 0 saturated carbocycles. The van der Waals surface area contributed by atoms with Crippen molar-refractivity contribution in [1.82, 2.24) is 0 Å². The fraction of sp³-hybridized carbons (Fsp3) is 0.333. The molecule has 0 heterocycles. The first-order valence-corrected chi connectivity index (χ1v) is 7.21. The van der Waals surface area contributed by atoms with Gasteiger partial charge in [0.25, 0.3) is 0 Å². The highest BCUT2D eigenvalue weighted by molar-refractivity contribution is 9.12. The summed E-state index contributed by atoms with van der Waals surface area (Å²) < 4.78 is 5.55. The van der Waals surface area contributed by atoms with E-state index in [9.17, 15) is 9.59 Å². The number of carboxylic acids is 1. The van der Waals surface area contributed by atoms with Crippen LogP contribution in [0.15, 0.2) is 34.8 Å². The van der Waals surface area contributed by atoms with Crippen molar-refractivity contribution < 1.29 is 19.4 Å². The molecule has 0 aliphatic heterocycles. The lowest BCUT2D eigenvalue weighted by molar-refractivity contribution is -0.131. The number of hydrogen-bond donors (Lipinski definition) is 1. The van der Waals surface area contributed by atoms with Gasteiger partial charge in [0.05, 0.1) is 11.1 Å². The van der Waals surface area contributed by atoms with E-state index >= 15 is 0 Å². The molecule has 1 rings (SSSR count). The van der Waals surface area contributed by atoms with Crippen LogP contribution in [0, 0.1) is 0 Å². The first-order chi connectivity index (χ1) is 9.54. The summed E-state index contributed by atoms with van der Waals surface area (Å²) in [6.07, 6.45) is 4.10. The van der Waals surface area contributed by atoms with Crippen LogP contribution in [0.2, 0.25) is 0 Å². The van der Waals surface area contributed by atoms with E-state index in [1.165, 1.54) is 0 Å². The zero-order valence-electron chi connectivity index (χ0n) is 11.3. The molecule has 20 heavy (non-hydrogen) atoms. The molecule has 0 radical (unpaired) electrons. The second-order valence-corrected chi connectivity index (χ2v) is 5.09. The summed E-state index contributed by atoms with van der Waals surface area (Å²) in [5, 5.41) is 8.59. The maximum Gasteiger partial charge on any atom is 0.329 e. The lowest BCUT2D eigenvalue weighted by atomic mass is 10.1. The summed E-state index contributed by atoms with van der Waals surface area (Å²) in [5.74, 6) is -0.831. The van der Waals surface area contributed by atoms with Crippen molar-refractivity contribution in [3.05, 3.63) is 40.4 Å². The Morgan fingerprint density at radius 1 is 1.25 bits per heavy atom. The van der Waals surface area contributed by atoms with Crippen molar-refractivity contribution in [1.29, 1.82) is 0 Å². The van der Waals surface area contributed by atoms with E-state index in [-0.39, 0.29) is 10.3 Å². The molecule has 0 amide bonds. The van der Waals surface area contributed by atoms with Gasteiger partial charge in [-0.25, -0.2) is 4.79 Å². The van der Waals surface area contributed by atoms with Gasteiger partial charge in [-0.1, -0.05) is 19.8 Å². The molecular weight excluding hydrogens is 324 g/mol. The second-order valence-electron chi connectivity index (χ2n) is 4.24. The Bertz CT molecular complexity index is 491. The van der Waals surface area contributed by atoms with Crippen molar-refractivity contribution in [3.8, 4) is 5.75 Å². The highest BCUT2D eigenvalue weighted by Gasteiger charge is 2.11. The van der Waals surface area contributed by atoms with Gasteiger partial charge >= 0.3 is 5.97 Å². The number of carbonyl (C=O) groups excluding carboxylic acids is 1. The van der Waals surface area contributed by atoms with E-state index in [0.29, 0.717) is 17.9 Å². The van der Waals surface area contributed by atoms with Crippen LogP contribution in [0.4, 0.5) is 0 Å². The maximum atomic E-state index is 11.9. The van der Waals surface area contributed by atoms with Gasteiger partial charge in [-0.05, 0) is 46.6 Å². The third kappa shape index (κ3) is 5.57. The minimum atomic E-state index is -1.17. The zero-order valence-corrected chi connectivity index (χ0v) is 12.9. The fourth-order valence-corrected chi connectivity index (χ4v) is 1.98. The number of carbonyl (C=O) groups is 2. The van der Waals surface area contributed by atoms with Gasteiger partial charge in [0.1, 0.15) is 5.75 Å². The molecule has 108 valence electrons.